The summed E-state index contributed by atoms with van der Waals surface area (Å²) in [5, 5.41) is 0. The van der Waals surface area contributed by atoms with Gasteiger partial charge in [0.2, 0.25) is 10.0 Å². The molecule has 11 heteroatoms. The van der Waals surface area contributed by atoms with Gasteiger partial charge in [0, 0.05) is 39.0 Å². The highest BCUT2D eigenvalue weighted by atomic mass is 32.2. The number of ether oxygens (including phenoxy) is 5. The average Bonchev–Trinajstić information content (AvgIpc) is 2.89. The highest BCUT2D eigenvalue weighted by molar-refractivity contribution is 7.99. The van der Waals surface area contributed by atoms with Gasteiger partial charge in [-0.1, -0.05) is 36.0 Å². The zero-order valence-corrected chi connectivity index (χ0v) is 24.2. The normalized spacial score (nSPS) is 24.2. The topological polar surface area (TPSA) is 92.3 Å². The summed E-state index contributed by atoms with van der Waals surface area (Å²) in [6.07, 6.45) is 0.118. The van der Waals surface area contributed by atoms with Crippen LogP contribution in [0.4, 0.5) is 5.69 Å². The van der Waals surface area contributed by atoms with E-state index in [0.717, 1.165) is 22.4 Å². The van der Waals surface area contributed by atoms with Crippen molar-refractivity contribution < 1.29 is 32.1 Å². The van der Waals surface area contributed by atoms with E-state index in [1.807, 2.05) is 36.4 Å². The predicted molar refractivity (Wildman–Crippen MR) is 151 cm³/mol. The molecule has 0 bridgehead atoms. The van der Waals surface area contributed by atoms with Crippen LogP contribution in [0.5, 0.6) is 0 Å². The Morgan fingerprint density at radius 1 is 0.865 bits per heavy atom. The first kappa shape index (κ1) is 30.2. The van der Waals surface area contributed by atoms with E-state index in [9.17, 15) is 8.42 Å². The number of nitrogens with one attached hydrogen (secondary N) is 1. The number of hydrogen-bond donors (Lipinski definition) is 2. The number of thioether (sulfide) groups is 1. The SMILES string of the molecule is COC[C@H]1O[C@@H](Sc2ccc(-c3ccc(NS(=O)(=O)CCCCS)cc3)cc2)[C@H](OC)[C@@H](OC)[C@@H]1OC. The third-order valence-corrected chi connectivity index (χ3v) is 9.00. The van der Waals surface area contributed by atoms with E-state index in [4.69, 9.17) is 23.7 Å². The van der Waals surface area contributed by atoms with Crippen molar-refractivity contribution in [1.29, 1.82) is 0 Å². The molecule has 8 nitrogen and oxygen atoms in total. The maximum absolute atomic E-state index is 12.2. The minimum Gasteiger partial charge on any atom is -0.382 e. The third-order valence-electron chi connectivity index (χ3n) is 6.16. The molecule has 0 unspecified atom stereocenters. The molecule has 1 saturated heterocycles. The molecule has 0 aromatic heterocycles. The molecule has 1 aliphatic heterocycles. The second kappa shape index (κ2) is 14.7. The molecule has 37 heavy (non-hydrogen) atoms. The van der Waals surface area contributed by atoms with Gasteiger partial charge in [-0.05, 0) is 54.0 Å². The van der Waals surface area contributed by atoms with Gasteiger partial charge >= 0.3 is 0 Å². The molecule has 0 saturated carbocycles. The summed E-state index contributed by atoms with van der Waals surface area (Å²) in [7, 11) is 3.19. The Kier molecular flexibility index (Phi) is 12.0. The van der Waals surface area contributed by atoms with Gasteiger partial charge in [0.25, 0.3) is 0 Å². The van der Waals surface area contributed by atoms with Gasteiger partial charge in [-0.2, -0.15) is 12.6 Å². The molecule has 2 aromatic carbocycles. The van der Waals surface area contributed by atoms with Crippen LogP contribution in [0.2, 0.25) is 0 Å². The van der Waals surface area contributed by atoms with E-state index in [1.165, 1.54) is 0 Å². The molecule has 0 amide bonds. The maximum Gasteiger partial charge on any atom is 0.232 e. The third kappa shape index (κ3) is 8.34. The number of methoxy groups -OCH3 is 4. The Bertz CT molecular complexity index is 1050. The molecule has 3 rings (SSSR count). The average molecular weight is 572 g/mol. The van der Waals surface area contributed by atoms with Gasteiger partial charge in [-0.25, -0.2) is 8.42 Å². The fraction of sp³-hybridized carbons (Fsp3) is 0.538. The quantitative estimate of drug-likeness (QED) is 0.256. The summed E-state index contributed by atoms with van der Waals surface area (Å²) < 4.78 is 55.9. The van der Waals surface area contributed by atoms with Crippen molar-refractivity contribution in [2.24, 2.45) is 0 Å². The highest BCUT2D eigenvalue weighted by Crippen LogP contribution is 2.37. The van der Waals surface area contributed by atoms with Crippen molar-refractivity contribution in [3.8, 4) is 11.1 Å². The predicted octanol–water partition coefficient (Wildman–Crippen LogP) is 4.31. The summed E-state index contributed by atoms with van der Waals surface area (Å²) in [5.41, 5.74) is 2.25. The molecule has 1 N–H and O–H groups in total. The van der Waals surface area contributed by atoms with Crippen LogP contribution in [0.3, 0.4) is 0 Å². The fourth-order valence-electron chi connectivity index (χ4n) is 4.30. The largest absolute Gasteiger partial charge is 0.382 e. The Morgan fingerprint density at radius 2 is 1.46 bits per heavy atom. The Hall–Kier alpha value is -1.31. The van der Waals surface area contributed by atoms with Crippen molar-refractivity contribution in [3.05, 3.63) is 48.5 Å². The summed E-state index contributed by atoms with van der Waals surface area (Å²) in [5.74, 6) is 0.769. The number of benzene rings is 2. The summed E-state index contributed by atoms with van der Waals surface area (Å²) in [6.45, 7) is 0.382. The van der Waals surface area contributed by atoms with Crippen LogP contribution in [0.1, 0.15) is 12.8 Å². The van der Waals surface area contributed by atoms with Crippen LogP contribution in [-0.2, 0) is 33.7 Å². The van der Waals surface area contributed by atoms with Crippen LogP contribution >= 0.6 is 24.4 Å². The van der Waals surface area contributed by atoms with Crippen molar-refractivity contribution in [2.75, 3.05) is 51.3 Å². The van der Waals surface area contributed by atoms with Crippen molar-refractivity contribution in [2.45, 2.75) is 47.6 Å². The summed E-state index contributed by atoms with van der Waals surface area (Å²) in [4.78, 5) is 1.02. The molecule has 0 aliphatic carbocycles. The monoisotopic (exact) mass is 571 g/mol. The lowest BCUT2D eigenvalue weighted by Crippen LogP contribution is -2.59. The van der Waals surface area contributed by atoms with Crippen LogP contribution in [0, 0.1) is 0 Å². The number of anilines is 1. The molecule has 0 radical (unpaired) electrons. The standard InChI is InChI=1S/C26H37NO7S3/c1-30-17-22-23(31-2)24(32-3)25(33-4)26(34-22)36-21-13-9-19(10-14-21)18-7-11-20(12-8-18)27-37(28,29)16-6-5-15-35/h7-14,22-27,35H,5-6,15-17H2,1-4H3/t22-,23-,24+,25-,26+/m1/s1. The minimum absolute atomic E-state index is 0.0898. The molecular weight excluding hydrogens is 534 g/mol. The van der Waals surface area contributed by atoms with Crippen LogP contribution < -0.4 is 4.72 Å². The first-order valence-electron chi connectivity index (χ1n) is 12.1. The van der Waals surface area contributed by atoms with Gasteiger partial charge in [0.05, 0.1) is 12.4 Å². The fourth-order valence-corrected chi connectivity index (χ4v) is 6.86. The number of hydrogen-bond acceptors (Lipinski definition) is 9. The lowest BCUT2D eigenvalue weighted by Gasteiger charge is -2.44. The summed E-state index contributed by atoms with van der Waals surface area (Å²) in [6, 6.07) is 15.5. The van der Waals surface area contributed by atoms with Gasteiger partial charge < -0.3 is 23.7 Å². The Morgan fingerprint density at radius 3 is 2.00 bits per heavy atom. The first-order valence-corrected chi connectivity index (χ1v) is 15.2. The molecule has 206 valence electrons. The van der Waals surface area contributed by atoms with E-state index < -0.39 is 10.0 Å². The van der Waals surface area contributed by atoms with E-state index in [1.54, 1.807) is 52.3 Å². The van der Waals surface area contributed by atoms with E-state index in [2.05, 4.69) is 17.4 Å². The van der Waals surface area contributed by atoms with Crippen molar-refractivity contribution in [3.63, 3.8) is 0 Å². The second-order valence-corrected chi connectivity index (χ2v) is 12.1. The number of unbranched alkanes of at least 4 members (excludes halogenated alkanes) is 1. The second-order valence-electron chi connectivity index (χ2n) is 8.67. The Labute approximate surface area is 230 Å². The zero-order valence-electron chi connectivity index (χ0n) is 21.7. The molecule has 2 aromatic rings. The van der Waals surface area contributed by atoms with E-state index >= 15 is 0 Å². The molecule has 1 heterocycles. The van der Waals surface area contributed by atoms with Crippen molar-refractivity contribution >= 4 is 40.1 Å². The molecule has 0 spiro atoms. The van der Waals surface area contributed by atoms with Gasteiger partial charge in [0.1, 0.15) is 29.9 Å². The highest BCUT2D eigenvalue weighted by Gasteiger charge is 2.47. The lowest BCUT2D eigenvalue weighted by molar-refractivity contribution is -0.229. The maximum atomic E-state index is 12.2. The van der Waals surface area contributed by atoms with Gasteiger partial charge in [0.15, 0.2) is 0 Å². The van der Waals surface area contributed by atoms with E-state index in [0.29, 0.717) is 24.5 Å². The van der Waals surface area contributed by atoms with Gasteiger partial charge in [-0.15, -0.1) is 0 Å². The Balaban J connectivity index is 1.67. The van der Waals surface area contributed by atoms with E-state index in [-0.39, 0.29) is 35.6 Å². The smallest absolute Gasteiger partial charge is 0.232 e. The number of sulfonamides is 1. The van der Waals surface area contributed by atoms with Crippen LogP contribution in [0.25, 0.3) is 11.1 Å². The lowest BCUT2D eigenvalue weighted by atomic mass is 9.99. The number of rotatable bonds is 14. The molecule has 1 aliphatic rings. The van der Waals surface area contributed by atoms with Crippen LogP contribution in [0.15, 0.2) is 53.4 Å². The zero-order chi connectivity index (χ0) is 26.8. The minimum atomic E-state index is -3.36. The summed E-state index contributed by atoms with van der Waals surface area (Å²) >= 11 is 5.69. The molecule has 5 atom stereocenters. The molecule has 1 fully saturated rings. The van der Waals surface area contributed by atoms with Gasteiger partial charge in [-0.3, -0.25) is 4.72 Å². The number of thiol groups is 1. The van der Waals surface area contributed by atoms with Crippen LogP contribution in [-0.4, -0.2) is 84.8 Å². The molecular formula is C26H37NO7S3. The first-order chi connectivity index (χ1) is 17.8. The van der Waals surface area contributed by atoms with Crippen molar-refractivity contribution in [1.82, 2.24) is 0 Å².